The number of methoxy groups -OCH3 is 1. The minimum absolute atomic E-state index is 0.0695. The number of ether oxygens (including phenoxy) is 2. The Morgan fingerprint density at radius 3 is 2.50 bits per heavy atom. The van der Waals surface area contributed by atoms with Gasteiger partial charge in [-0.05, 0) is 43.2 Å². The van der Waals surface area contributed by atoms with Crippen molar-refractivity contribution >= 4 is 17.4 Å². The zero-order chi connectivity index (χ0) is 24.2. The predicted octanol–water partition coefficient (Wildman–Crippen LogP) is 2.64. The SMILES string of the molecule is CCOc1ccc(C2C(=C([O-])c3ccc(C)cc3)C(=O)C(=O)N2Cc2ccc[nH+]c2)cc1OC. The smallest absolute Gasteiger partial charge is 0.295 e. The second kappa shape index (κ2) is 9.79. The topological polar surface area (TPSA) is 93.0 Å². The highest BCUT2D eigenvalue weighted by atomic mass is 16.5. The van der Waals surface area contributed by atoms with E-state index in [1.54, 1.807) is 42.7 Å². The minimum Gasteiger partial charge on any atom is -0.872 e. The fourth-order valence-corrected chi connectivity index (χ4v) is 4.09. The van der Waals surface area contributed by atoms with E-state index in [1.165, 1.54) is 12.0 Å². The first kappa shape index (κ1) is 23.0. The first-order chi connectivity index (χ1) is 16.4. The van der Waals surface area contributed by atoms with Crippen molar-refractivity contribution in [2.45, 2.75) is 26.4 Å². The molecule has 1 saturated heterocycles. The van der Waals surface area contributed by atoms with Crippen LogP contribution in [0.25, 0.3) is 5.76 Å². The van der Waals surface area contributed by atoms with E-state index in [0.29, 0.717) is 29.2 Å². The van der Waals surface area contributed by atoms with Gasteiger partial charge in [-0.15, -0.1) is 0 Å². The number of likely N-dealkylation sites (tertiary alicyclic amines) is 1. The normalized spacial score (nSPS) is 17.1. The zero-order valence-electron chi connectivity index (χ0n) is 19.3. The standard InChI is InChI=1S/C27H26N2O5/c1-4-34-21-12-11-20(14-22(21)33-3)24-23(25(30)19-9-7-17(2)8-10-19)26(31)27(32)29(24)16-18-6-5-13-28-15-18/h5-15,24,30H,4,16H2,1-3H3. The Bertz CT molecular complexity index is 1240. The fourth-order valence-electron chi connectivity index (χ4n) is 4.09. The van der Waals surface area contributed by atoms with Gasteiger partial charge in [0.25, 0.3) is 5.91 Å². The lowest BCUT2D eigenvalue weighted by atomic mass is 9.94. The molecule has 174 valence electrons. The van der Waals surface area contributed by atoms with Gasteiger partial charge in [-0.25, -0.2) is 4.98 Å². The molecule has 4 rings (SSSR count). The number of amides is 1. The van der Waals surface area contributed by atoms with Crippen LogP contribution in [0.1, 0.15) is 35.2 Å². The van der Waals surface area contributed by atoms with Crippen LogP contribution in [-0.2, 0) is 16.1 Å². The maximum absolute atomic E-state index is 13.5. The predicted molar refractivity (Wildman–Crippen MR) is 124 cm³/mol. The summed E-state index contributed by atoms with van der Waals surface area (Å²) in [7, 11) is 1.52. The van der Waals surface area contributed by atoms with Gasteiger partial charge in [0.15, 0.2) is 23.9 Å². The van der Waals surface area contributed by atoms with Crippen LogP contribution in [0, 0.1) is 6.92 Å². The van der Waals surface area contributed by atoms with Crippen LogP contribution in [0.4, 0.5) is 0 Å². The maximum Gasteiger partial charge on any atom is 0.295 e. The summed E-state index contributed by atoms with van der Waals surface area (Å²) in [5, 5.41) is 13.5. The maximum atomic E-state index is 13.5. The molecule has 2 heterocycles. The molecule has 34 heavy (non-hydrogen) atoms. The molecule has 1 aromatic heterocycles. The van der Waals surface area contributed by atoms with Crippen LogP contribution in [-0.4, -0.2) is 30.3 Å². The Hall–Kier alpha value is -4.13. The van der Waals surface area contributed by atoms with Crippen molar-refractivity contribution in [2.24, 2.45) is 0 Å². The molecule has 2 aromatic carbocycles. The summed E-state index contributed by atoms with van der Waals surface area (Å²) < 4.78 is 11.1. The quantitative estimate of drug-likeness (QED) is 0.308. The first-order valence-electron chi connectivity index (χ1n) is 11.0. The Morgan fingerprint density at radius 2 is 1.85 bits per heavy atom. The van der Waals surface area contributed by atoms with Gasteiger partial charge < -0.3 is 19.5 Å². The van der Waals surface area contributed by atoms with Crippen molar-refractivity contribution in [1.29, 1.82) is 0 Å². The van der Waals surface area contributed by atoms with Gasteiger partial charge in [0.2, 0.25) is 5.78 Å². The summed E-state index contributed by atoms with van der Waals surface area (Å²) in [5.41, 5.74) is 2.68. The number of pyridine rings is 1. The lowest BCUT2D eigenvalue weighted by Gasteiger charge is -2.28. The molecule has 1 atom stereocenters. The van der Waals surface area contributed by atoms with Crippen LogP contribution < -0.4 is 19.6 Å². The largest absolute Gasteiger partial charge is 0.872 e. The van der Waals surface area contributed by atoms with E-state index in [4.69, 9.17) is 9.47 Å². The summed E-state index contributed by atoms with van der Waals surface area (Å²) in [6.07, 6.45) is 3.51. The molecule has 1 unspecified atom stereocenters. The monoisotopic (exact) mass is 458 g/mol. The van der Waals surface area contributed by atoms with Crippen molar-refractivity contribution < 1.29 is 29.2 Å². The number of benzene rings is 2. The number of ketones is 1. The molecule has 1 fully saturated rings. The van der Waals surface area contributed by atoms with E-state index >= 15 is 0 Å². The number of hydrogen-bond acceptors (Lipinski definition) is 5. The summed E-state index contributed by atoms with van der Waals surface area (Å²) in [6.45, 7) is 4.40. The second-order valence-electron chi connectivity index (χ2n) is 8.03. The Labute approximate surface area is 198 Å². The van der Waals surface area contributed by atoms with Crippen molar-refractivity contribution in [3.05, 3.63) is 94.8 Å². The number of carbonyl (C=O) groups excluding carboxylic acids is 2. The van der Waals surface area contributed by atoms with E-state index in [0.717, 1.165) is 11.1 Å². The van der Waals surface area contributed by atoms with E-state index in [9.17, 15) is 14.7 Å². The van der Waals surface area contributed by atoms with Crippen LogP contribution in [0.3, 0.4) is 0 Å². The Balaban J connectivity index is 1.88. The van der Waals surface area contributed by atoms with Gasteiger partial charge in [-0.3, -0.25) is 9.59 Å². The highest BCUT2D eigenvalue weighted by Crippen LogP contribution is 2.42. The molecule has 1 amide bonds. The average molecular weight is 459 g/mol. The molecule has 7 nitrogen and oxygen atoms in total. The first-order valence-corrected chi connectivity index (χ1v) is 11.0. The molecule has 0 spiro atoms. The lowest BCUT2D eigenvalue weighted by Crippen LogP contribution is -2.29. The van der Waals surface area contributed by atoms with E-state index in [2.05, 4.69) is 4.98 Å². The Kier molecular flexibility index (Phi) is 6.63. The number of hydrogen-bond donors (Lipinski definition) is 0. The third-order valence-electron chi connectivity index (χ3n) is 5.77. The van der Waals surface area contributed by atoms with Crippen LogP contribution in [0.15, 0.2) is 72.6 Å². The van der Waals surface area contributed by atoms with Gasteiger partial charge >= 0.3 is 0 Å². The van der Waals surface area contributed by atoms with Gasteiger partial charge in [0, 0.05) is 17.2 Å². The van der Waals surface area contributed by atoms with Gasteiger partial charge in [0.1, 0.15) is 0 Å². The molecule has 0 saturated carbocycles. The molecule has 1 aliphatic heterocycles. The fraction of sp³-hybridized carbons (Fsp3) is 0.222. The number of aromatic nitrogens is 1. The van der Waals surface area contributed by atoms with Crippen molar-refractivity contribution in [2.75, 3.05) is 13.7 Å². The number of nitrogens with zero attached hydrogens (tertiary/aromatic N) is 1. The van der Waals surface area contributed by atoms with E-state index < -0.39 is 23.5 Å². The van der Waals surface area contributed by atoms with Crippen molar-refractivity contribution in [1.82, 2.24) is 4.90 Å². The Morgan fingerprint density at radius 1 is 1.09 bits per heavy atom. The number of aryl methyl sites for hydroxylation is 1. The van der Waals surface area contributed by atoms with Crippen molar-refractivity contribution in [3.63, 3.8) is 0 Å². The summed E-state index contributed by atoms with van der Waals surface area (Å²) in [5.74, 6) is -0.958. The number of carbonyl (C=O) groups is 2. The summed E-state index contributed by atoms with van der Waals surface area (Å²) in [4.78, 5) is 30.8. The molecule has 7 heteroatoms. The van der Waals surface area contributed by atoms with Gasteiger partial charge in [-0.2, -0.15) is 0 Å². The van der Waals surface area contributed by atoms with Gasteiger partial charge in [0.05, 0.1) is 26.3 Å². The lowest BCUT2D eigenvalue weighted by molar-refractivity contribution is -0.378. The van der Waals surface area contributed by atoms with Crippen molar-refractivity contribution in [3.8, 4) is 11.5 Å². The van der Waals surface area contributed by atoms with Crippen LogP contribution in [0.5, 0.6) is 11.5 Å². The molecule has 0 aliphatic carbocycles. The molecule has 1 aliphatic rings. The number of rotatable bonds is 7. The minimum atomic E-state index is -0.862. The van der Waals surface area contributed by atoms with Crippen LogP contribution in [0.2, 0.25) is 0 Å². The second-order valence-corrected chi connectivity index (χ2v) is 8.03. The zero-order valence-corrected chi connectivity index (χ0v) is 19.3. The number of H-pyrrole nitrogens is 1. The molecular formula is C27H26N2O5. The van der Waals surface area contributed by atoms with Gasteiger partial charge in [-0.1, -0.05) is 41.7 Å². The molecular weight excluding hydrogens is 432 g/mol. The number of Topliss-reactive ketones (excluding diaryl/α,β-unsaturated/α-hetero) is 1. The van der Waals surface area contributed by atoms with Crippen LogP contribution >= 0.6 is 0 Å². The van der Waals surface area contributed by atoms with E-state index in [-0.39, 0.29) is 12.1 Å². The average Bonchev–Trinajstić information content (AvgIpc) is 3.10. The highest BCUT2D eigenvalue weighted by Gasteiger charge is 2.44. The number of aromatic amines is 1. The molecule has 0 bridgehead atoms. The molecule has 1 N–H and O–H groups in total. The highest BCUT2D eigenvalue weighted by molar-refractivity contribution is 6.46. The third-order valence-corrected chi connectivity index (χ3v) is 5.77. The summed E-state index contributed by atoms with van der Waals surface area (Å²) >= 11 is 0. The molecule has 3 aromatic rings. The summed E-state index contributed by atoms with van der Waals surface area (Å²) in [6, 6.07) is 15.0. The van der Waals surface area contributed by atoms with E-state index in [1.807, 2.05) is 38.1 Å². The molecule has 0 radical (unpaired) electrons. The third kappa shape index (κ3) is 4.37. The number of nitrogens with one attached hydrogen (secondary N) is 1.